The Kier molecular flexibility index (Phi) is 15.2. The van der Waals surface area contributed by atoms with E-state index in [1.807, 2.05) is 0 Å². The summed E-state index contributed by atoms with van der Waals surface area (Å²) in [6, 6.07) is 9.00. The standard InChI is InChI=1S/C47H62Cl2F2N8OS2/c1-3-17-58(33-7-11-39-41(25-33)61-46(52)54-39)27-29-13-19-56(20-14-29)43(31-5-9-37(50)35(48)23-31)45(60)44(32-6-10-38(51)36(49)24-32)57-21-15-30(16-22-57)28-59(18-4-2)34-8-12-40-42(26-34)62-47(53)55-40/h5-6,9-10,23-24,29-30,33-34,43-44H,3-4,7-8,11-22,25-28H2,1-2H3,(H2,52,54)(H2,53,55)/t33?,34?,43-,44-/m0/s1. The van der Waals surface area contributed by atoms with Crippen molar-refractivity contribution in [3.63, 3.8) is 0 Å². The van der Waals surface area contributed by atoms with Crippen molar-refractivity contribution >= 4 is 61.9 Å². The summed E-state index contributed by atoms with van der Waals surface area (Å²) in [5.41, 5.74) is 15.9. The molecule has 0 radical (unpaired) electrons. The van der Waals surface area contributed by atoms with Gasteiger partial charge in [-0.05, 0) is 164 Å². The van der Waals surface area contributed by atoms with Crippen LogP contribution in [0, 0.1) is 23.5 Å². The Balaban J connectivity index is 0.991. The maximum absolute atomic E-state index is 15.5. The Morgan fingerprint density at radius 2 is 1.11 bits per heavy atom. The molecule has 62 heavy (non-hydrogen) atoms. The predicted molar refractivity (Wildman–Crippen MR) is 250 cm³/mol. The monoisotopic (exact) mass is 926 g/mol. The summed E-state index contributed by atoms with van der Waals surface area (Å²) in [6.07, 6.45) is 12.0. The molecule has 0 spiro atoms. The van der Waals surface area contributed by atoms with Gasteiger partial charge in [0, 0.05) is 34.9 Å². The lowest BCUT2D eigenvalue weighted by atomic mass is 9.86. The van der Waals surface area contributed by atoms with Crippen LogP contribution in [0.3, 0.4) is 0 Å². The Morgan fingerprint density at radius 3 is 1.48 bits per heavy atom. The minimum absolute atomic E-state index is 0.00412. The Labute approximate surface area is 384 Å². The van der Waals surface area contributed by atoms with Crippen molar-refractivity contribution in [3.8, 4) is 0 Å². The van der Waals surface area contributed by atoms with Crippen molar-refractivity contribution in [2.75, 3.05) is 63.8 Å². The summed E-state index contributed by atoms with van der Waals surface area (Å²) < 4.78 is 29.4. The molecule has 2 unspecified atom stereocenters. The third-order valence-corrected chi connectivity index (χ3v) is 16.5. The number of hydrogen-bond acceptors (Lipinski definition) is 11. The lowest BCUT2D eigenvalue weighted by Crippen LogP contribution is -2.49. The van der Waals surface area contributed by atoms with Gasteiger partial charge in [-0.15, -0.1) is 22.7 Å². The number of aryl methyl sites for hydroxylation is 2. The summed E-state index contributed by atoms with van der Waals surface area (Å²) in [5, 5.41) is 1.32. The number of piperidine rings is 2. The molecule has 2 saturated heterocycles. The Bertz CT molecular complexity index is 2010. The van der Waals surface area contributed by atoms with Crippen molar-refractivity contribution in [2.24, 2.45) is 11.8 Å². The van der Waals surface area contributed by atoms with Crippen LogP contribution in [-0.2, 0) is 30.5 Å². The molecule has 4 atom stereocenters. The quantitative estimate of drug-likeness (QED) is 0.114. The summed E-state index contributed by atoms with van der Waals surface area (Å²) in [5.74, 6) is -0.0912. The third-order valence-electron chi connectivity index (χ3n) is 14.0. The zero-order valence-electron chi connectivity index (χ0n) is 36.1. The molecular weight excluding hydrogens is 866 g/mol. The number of likely N-dealkylation sites (tertiary alicyclic amines) is 2. The Morgan fingerprint density at radius 1 is 0.710 bits per heavy atom. The molecule has 4 aromatic rings. The third kappa shape index (κ3) is 10.5. The number of nitrogens with two attached hydrogens (primary N) is 2. The molecule has 2 aromatic carbocycles. The van der Waals surface area contributed by atoms with Gasteiger partial charge in [-0.1, -0.05) is 49.2 Å². The molecule has 0 amide bonds. The van der Waals surface area contributed by atoms with Gasteiger partial charge in [0.2, 0.25) is 0 Å². The minimum Gasteiger partial charge on any atom is -0.375 e. The lowest BCUT2D eigenvalue weighted by molar-refractivity contribution is -0.131. The number of ketones is 1. The van der Waals surface area contributed by atoms with Gasteiger partial charge in [-0.2, -0.15) is 0 Å². The zero-order chi connectivity index (χ0) is 43.5. The zero-order valence-corrected chi connectivity index (χ0v) is 39.3. The van der Waals surface area contributed by atoms with E-state index < -0.39 is 23.7 Å². The van der Waals surface area contributed by atoms with E-state index in [0.717, 1.165) is 129 Å². The Hall–Kier alpha value is -2.75. The van der Waals surface area contributed by atoms with Crippen LogP contribution < -0.4 is 11.5 Å². The molecule has 9 nitrogen and oxygen atoms in total. The molecule has 4 heterocycles. The van der Waals surface area contributed by atoms with Crippen LogP contribution in [0.1, 0.15) is 110 Å². The fourth-order valence-corrected chi connectivity index (χ4v) is 13.2. The van der Waals surface area contributed by atoms with Gasteiger partial charge in [0.25, 0.3) is 0 Å². The van der Waals surface area contributed by atoms with Crippen LogP contribution in [0.4, 0.5) is 19.0 Å². The van der Waals surface area contributed by atoms with Crippen molar-refractivity contribution < 1.29 is 13.6 Å². The van der Waals surface area contributed by atoms with E-state index in [9.17, 15) is 8.78 Å². The number of rotatable bonds is 16. The fraction of sp³-hybridized carbons (Fsp3) is 0.596. The predicted octanol–water partition coefficient (Wildman–Crippen LogP) is 9.66. The molecule has 4 N–H and O–H groups in total. The highest BCUT2D eigenvalue weighted by Gasteiger charge is 2.41. The van der Waals surface area contributed by atoms with Crippen LogP contribution in [0.2, 0.25) is 10.0 Å². The van der Waals surface area contributed by atoms with E-state index in [1.54, 1.807) is 46.9 Å². The highest BCUT2D eigenvalue weighted by atomic mass is 35.5. The first-order chi connectivity index (χ1) is 30.0. The summed E-state index contributed by atoms with van der Waals surface area (Å²) in [6.45, 7) is 11.5. The molecular formula is C47H62Cl2F2N8OS2. The number of nitrogens with zero attached hydrogens (tertiary/aromatic N) is 6. The number of carbonyl (C=O) groups excluding carboxylic acids is 1. The second-order valence-corrected chi connectivity index (χ2v) is 21.2. The second kappa shape index (κ2) is 20.6. The number of aromatic nitrogens is 2. The van der Waals surface area contributed by atoms with Crippen LogP contribution >= 0.6 is 45.9 Å². The topological polar surface area (TPSA) is 108 Å². The normalized spacial score (nSPS) is 21.6. The molecule has 2 aliphatic carbocycles. The van der Waals surface area contributed by atoms with Gasteiger partial charge in [0.05, 0.1) is 33.5 Å². The van der Waals surface area contributed by atoms with E-state index in [4.69, 9.17) is 34.7 Å². The van der Waals surface area contributed by atoms with Gasteiger partial charge in [-0.3, -0.25) is 24.4 Å². The van der Waals surface area contributed by atoms with E-state index in [1.165, 1.54) is 33.3 Å². The first kappa shape index (κ1) is 45.8. The minimum atomic E-state index is -0.669. The molecule has 15 heteroatoms. The van der Waals surface area contributed by atoms with E-state index >= 15 is 4.79 Å². The number of carbonyl (C=O) groups is 1. The van der Waals surface area contributed by atoms with Crippen molar-refractivity contribution in [3.05, 3.63) is 90.3 Å². The number of thiazole rings is 2. The molecule has 0 bridgehead atoms. The van der Waals surface area contributed by atoms with Crippen molar-refractivity contribution in [1.29, 1.82) is 0 Å². The number of Topliss-reactive ketones (excluding diaryl/α,β-unsaturated/α-hetero) is 1. The van der Waals surface area contributed by atoms with Crippen LogP contribution in [-0.4, -0.2) is 99.8 Å². The average Bonchev–Trinajstić information content (AvgIpc) is 3.84. The molecule has 336 valence electrons. The highest BCUT2D eigenvalue weighted by Crippen LogP contribution is 2.40. The second-order valence-electron chi connectivity index (χ2n) is 18.1. The number of fused-ring (bicyclic) bond motifs is 2. The van der Waals surface area contributed by atoms with Crippen LogP contribution in [0.25, 0.3) is 0 Å². The van der Waals surface area contributed by atoms with E-state index in [2.05, 4.69) is 43.4 Å². The molecule has 2 aliphatic heterocycles. The molecule has 2 fully saturated rings. The number of benzene rings is 2. The molecule has 0 saturated carbocycles. The summed E-state index contributed by atoms with van der Waals surface area (Å²) in [7, 11) is 0. The fourth-order valence-electron chi connectivity index (χ4n) is 10.9. The highest BCUT2D eigenvalue weighted by molar-refractivity contribution is 7.15. The maximum atomic E-state index is 15.5. The molecule has 8 rings (SSSR count). The van der Waals surface area contributed by atoms with Crippen LogP contribution in [0.15, 0.2) is 36.4 Å². The SMILES string of the molecule is CCCN(CC1CCN([C@H](C(=O)[C@H](c2ccc(F)c(Cl)c2)N2CCC(CN(CCC)C3CCc4nc(N)sc4C3)CC2)c2ccc(F)c(Cl)c2)CC1)C1CCc2nc(N)sc2C1. The largest absolute Gasteiger partial charge is 0.375 e. The number of hydrogen-bond donors (Lipinski definition) is 2. The smallest absolute Gasteiger partial charge is 0.180 e. The van der Waals surface area contributed by atoms with Gasteiger partial charge < -0.3 is 11.5 Å². The summed E-state index contributed by atoms with van der Waals surface area (Å²) in [4.78, 5) is 37.3. The van der Waals surface area contributed by atoms with Crippen molar-refractivity contribution in [2.45, 2.75) is 115 Å². The first-order valence-corrected chi connectivity index (χ1v) is 25.2. The van der Waals surface area contributed by atoms with Gasteiger partial charge in [0.1, 0.15) is 11.6 Å². The number of anilines is 2. The van der Waals surface area contributed by atoms with Crippen molar-refractivity contribution in [1.82, 2.24) is 29.6 Å². The maximum Gasteiger partial charge on any atom is 0.180 e. The lowest BCUT2D eigenvalue weighted by Gasteiger charge is -2.44. The van der Waals surface area contributed by atoms with Crippen LogP contribution in [0.5, 0.6) is 0 Å². The van der Waals surface area contributed by atoms with Gasteiger partial charge in [-0.25, -0.2) is 18.7 Å². The molecule has 2 aromatic heterocycles. The number of nitrogen functional groups attached to an aromatic ring is 2. The summed E-state index contributed by atoms with van der Waals surface area (Å²) >= 11 is 16.2. The van der Waals surface area contributed by atoms with Gasteiger partial charge >= 0.3 is 0 Å². The van der Waals surface area contributed by atoms with Gasteiger partial charge in [0.15, 0.2) is 16.0 Å². The number of halogens is 4. The molecule has 4 aliphatic rings. The van der Waals surface area contributed by atoms with E-state index in [-0.39, 0.29) is 15.8 Å². The first-order valence-electron chi connectivity index (χ1n) is 22.9. The van der Waals surface area contributed by atoms with E-state index in [0.29, 0.717) is 45.3 Å². The average molecular weight is 928 g/mol.